The maximum Gasteiger partial charge on any atom is 0.147 e. The molecule has 1 aromatic carbocycles. The summed E-state index contributed by atoms with van der Waals surface area (Å²) in [5.74, 6) is 0.643. The zero-order valence-corrected chi connectivity index (χ0v) is 10.6. The summed E-state index contributed by atoms with van der Waals surface area (Å²) in [6, 6.07) is 4.95. The highest BCUT2D eigenvalue weighted by Gasteiger charge is 2.10. The molecule has 1 N–H and O–H groups in total. The van der Waals surface area contributed by atoms with Gasteiger partial charge in [0.25, 0.3) is 0 Å². The molecule has 0 amide bonds. The van der Waals surface area contributed by atoms with E-state index in [1.807, 2.05) is 6.07 Å². The zero-order valence-electron chi connectivity index (χ0n) is 8.97. The average molecular weight is 285 g/mol. The van der Waals surface area contributed by atoms with E-state index in [4.69, 9.17) is 0 Å². The third-order valence-electron chi connectivity index (χ3n) is 2.61. The van der Waals surface area contributed by atoms with Crippen LogP contribution in [0.5, 0.6) is 0 Å². The van der Waals surface area contributed by atoms with Crippen LogP contribution in [0.2, 0.25) is 0 Å². The summed E-state index contributed by atoms with van der Waals surface area (Å²) in [4.78, 5) is 4.42. The zero-order chi connectivity index (χ0) is 11.4. The molecular weight excluding hydrogens is 271 g/mol. The Kier molecular flexibility index (Phi) is 3.93. The number of para-hydroxylation sites is 1. The van der Waals surface area contributed by atoms with Crippen LogP contribution in [-0.4, -0.2) is 12.4 Å². The van der Waals surface area contributed by atoms with Gasteiger partial charge in [-0.15, -0.1) is 0 Å². The van der Waals surface area contributed by atoms with Crippen molar-refractivity contribution in [2.45, 2.75) is 25.7 Å². The standard InChI is InChI=1S/C12H14BrFN2/c13-9-5-4-6-10(14)12(9)16-11-7-2-1-3-8-15-11/h4-6H,1-3,7-8H2,(H,15,16). The van der Waals surface area contributed by atoms with Crippen LogP contribution >= 0.6 is 15.9 Å². The number of anilines is 1. The molecule has 2 nitrogen and oxygen atoms in total. The molecule has 0 spiro atoms. The number of hydrogen-bond donors (Lipinski definition) is 1. The normalized spacial score (nSPS) is 16.5. The monoisotopic (exact) mass is 284 g/mol. The predicted octanol–water partition coefficient (Wildman–Crippen LogP) is 3.97. The van der Waals surface area contributed by atoms with Gasteiger partial charge in [0.15, 0.2) is 0 Å². The van der Waals surface area contributed by atoms with Crippen LogP contribution in [0.3, 0.4) is 0 Å². The highest BCUT2D eigenvalue weighted by Crippen LogP contribution is 2.25. The third kappa shape index (κ3) is 2.82. The van der Waals surface area contributed by atoms with Gasteiger partial charge < -0.3 is 5.32 Å². The summed E-state index contributed by atoms with van der Waals surface area (Å²) in [5, 5.41) is 3.09. The van der Waals surface area contributed by atoms with Gasteiger partial charge in [0.05, 0.1) is 5.69 Å². The van der Waals surface area contributed by atoms with Crippen molar-refractivity contribution >= 4 is 27.5 Å². The summed E-state index contributed by atoms with van der Waals surface area (Å²) in [7, 11) is 0. The maximum absolute atomic E-state index is 13.6. The van der Waals surface area contributed by atoms with Crippen LogP contribution in [-0.2, 0) is 0 Å². The average Bonchev–Trinajstić information content (AvgIpc) is 2.52. The van der Waals surface area contributed by atoms with Gasteiger partial charge in [-0.3, -0.25) is 4.99 Å². The van der Waals surface area contributed by atoms with Gasteiger partial charge in [-0.25, -0.2) is 4.39 Å². The fourth-order valence-corrected chi connectivity index (χ4v) is 2.18. The Morgan fingerprint density at radius 2 is 2.12 bits per heavy atom. The second-order valence-corrected chi connectivity index (χ2v) is 4.72. The Labute approximate surface area is 103 Å². The summed E-state index contributed by atoms with van der Waals surface area (Å²) in [6.07, 6.45) is 4.36. The summed E-state index contributed by atoms with van der Waals surface area (Å²) in [6.45, 7) is 0.842. The van der Waals surface area contributed by atoms with Crippen molar-refractivity contribution in [2.75, 3.05) is 11.9 Å². The van der Waals surface area contributed by atoms with E-state index in [0.717, 1.165) is 36.1 Å². The second kappa shape index (κ2) is 5.43. The van der Waals surface area contributed by atoms with E-state index in [1.165, 1.54) is 12.5 Å². The van der Waals surface area contributed by atoms with Crippen molar-refractivity contribution in [1.29, 1.82) is 0 Å². The lowest BCUT2D eigenvalue weighted by Gasteiger charge is -2.10. The number of hydrogen-bond acceptors (Lipinski definition) is 2. The highest BCUT2D eigenvalue weighted by molar-refractivity contribution is 9.10. The van der Waals surface area contributed by atoms with Crippen molar-refractivity contribution in [3.63, 3.8) is 0 Å². The topological polar surface area (TPSA) is 24.4 Å². The maximum atomic E-state index is 13.6. The molecule has 0 aliphatic carbocycles. The molecular formula is C12H14BrFN2. The minimum absolute atomic E-state index is 0.249. The largest absolute Gasteiger partial charge is 0.341 e. The molecule has 0 unspecified atom stereocenters. The first-order valence-corrected chi connectivity index (χ1v) is 6.31. The number of nitrogens with one attached hydrogen (secondary N) is 1. The minimum Gasteiger partial charge on any atom is -0.341 e. The Balaban J connectivity index is 2.16. The van der Waals surface area contributed by atoms with E-state index < -0.39 is 0 Å². The molecule has 0 atom stereocenters. The van der Waals surface area contributed by atoms with Crippen LogP contribution in [0.4, 0.5) is 10.1 Å². The summed E-state index contributed by atoms with van der Waals surface area (Å²) >= 11 is 3.34. The van der Waals surface area contributed by atoms with Crippen LogP contribution in [0.1, 0.15) is 25.7 Å². The molecule has 1 aromatic rings. The summed E-state index contributed by atoms with van der Waals surface area (Å²) in [5.41, 5.74) is 0.489. The fourth-order valence-electron chi connectivity index (χ4n) is 1.74. The van der Waals surface area contributed by atoms with Crippen molar-refractivity contribution in [3.05, 3.63) is 28.5 Å². The quantitative estimate of drug-likeness (QED) is 0.829. The predicted molar refractivity (Wildman–Crippen MR) is 68.5 cm³/mol. The van der Waals surface area contributed by atoms with Gasteiger partial charge >= 0.3 is 0 Å². The first-order chi connectivity index (χ1) is 7.77. The molecule has 2 rings (SSSR count). The number of amidine groups is 1. The molecule has 86 valence electrons. The fraction of sp³-hybridized carbons (Fsp3) is 0.417. The van der Waals surface area contributed by atoms with E-state index in [-0.39, 0.29) is 5.82 Å². The number of nitrogens with zero attached hydrogens (tertiary/aromatic N) is 1. The highest BCUT2D eigenvalue weighted by atomic mass is 79.9. The number of halogens is 2. The van der Waals surface area contributed by atoms with E-state index in [1.54, 1.807) is 6.07 Å². The van der Waals surface area contributed by atoms with Crippen LogP contribution in [0.25, 0.3) is 0 Å². The van der Waals surface area contributed by atoms with E-state index in [9.17, 15) is 4.39 Å². The van der Waals surface area contributed by atoms with Crippen LogP contribution < -0.4 is 5.32 Å². The molecule has 1 heterocycles. The van der Waals surface area contributed by atoms with E-state index in [0.29, 0.717) is 5.69 Å². The minimum atomic E-state index is -0.249. The van der Waals surface area contributed by atoms with Crippen molar-refractivity contribution in [3.8, 4) is 0 Å². The molecule has 4 heteroatoms. The van der Waals surface area contributed by atoms with Gasteiger partial charge in [-0.05, 0) is 40.9 Å². The number of benzene rings is 1. The Morgan fingerprint density at radius 1 is 1.25 bits per heavy atom. The van der Waals surface area contributed by atoms with Crippen LogP contribution in [0, 0.1) is 5.82 Å². The molecule has 0 saturated heterocycles. The van der Waals surface area contributed by atoms with Gasteiger partial charge in [-0.2, -0.15) is 0 Å². The van der Waals surface area contributed by atoms with Gasteiger partial charge in [0.1, 0.15) is 11.7 Å². The Hall–Kier alpha value is -0.900. The molecule has 0 saturated carbocycles. The van der Waals surface area contributed by atoms with Gasteiger partial charge in [0, 0.05) is 17.4 Å². The lowest BCUT2D eigenvalue weighted by molar-refractivity contribution is 0.631. The Bertz CT molecular complexity index is 384. The molecule has 16 heavy (non-hydrogen) atoms. The van der Waals surface area contributed by atoms with E-state index >= 15 is 0 Å². The first kappa shape index (κ1) is 11.6. The molecule has 1 aliphatic heterocycles. The molecule has 0 radical (unpaired) electrons. The number of rotatable bonds is 1. The first-order valence-electron chi connectivity index (χ1n) is 5.52. The summed E-state index contributed by atoms with van der Waals surface area (Å²) < 4.78 is 14.3. The van der Waals surface area contributed by atoms with Crippen molar-refractivity contribution < 1.29 is 4.39 Å². The molecule has 0 aromatic heterocycles. The molecule has 0 fully saturated rings. The molecule has 1 aliphatic rings. The smallest absolute Gasteiger partial charge is 0.147 e. The van der Waals surface area contributed by atoms with Crippen LogP contribution in [0.15, 0.2) is 27.7 Å². The third-order valence-corrected chi connectivity index (χ3v) is 3.27. The Morgan fingerprint density at radius 3 is 2.94 bits per heavy atom. The van der Waals surface area contributed by atoms with Crippen molar-refractivity contribution in [1.82, 2.24) is 0 Å². The van der Waals surface area contributed by atoms with Gasteiger partial charge in [0.2, 0.25) is 0 Å². The van der Waals surface area contributed by atoms with Gasteiger partial charge in [-0.1, -0.05) is 12.5 Å². The van der Waals surface area contributed by atoms with Crippen molar-refractivity contribution in [2.24, 2.45) is 4.99 Å². The SMILES string of the molecule is Fc1cccc(Br)c1NC1=NCCCCC1. The number of aliphatic imine (C=N–C) groups is 1. The lowest BCUT2D eigenvalue weighted by atomic mass is 10.2. The second-order valence-electron chi connectivity index (χ2n) is 3.86. The van der Waals surface area contributed by atoms with E-state index in [2.05, 4.69) is 26.2 Å². The molecule has 0 bridgehead atoms. The lowest BCUT2D eigenvalue weighted by Crippen LogP contribution is -2.13.